The van der Waals surface area contributed by atoms with Gasteiger partial charge in [0.1, 0.15) is 0 Å². The first-order chi connectivity index (χ1) is 12.0. The summed E-state index contributed by atoms with van der Waals surface area (Å²) in [6.45, 7) is 7.10. The molecule has 0 bridgehead atoms. The summed E-state index contributed by atoms with van der Waals surface area (Å²) in [4.78, 5) is 16.4. The van der Waals surface area contributed by atoms with Gasteiger partial charge in [0, 0.05) is 38.3 Å². The molecule has 0 unspecified atom stereocenters. The predicted molar refractivity (Wildman–Crippen MR) is 97.6 cm³/mol. The molecule has 0 radical (unpaired) electrons. The van der Waals surface area contributed by atoms with Crippen LogP contribution in [-0.4, -0.2) is 51.7 Å². The highest BCUT2D eigenvalue weighted by atomic mass is 16.2. The van der Waals surface area contributed by atoms with Crippen LogP contribution in [0.5, 0.6) is 0 Å². The molecule has 3 heterocycles. The van der Waals surface area contributed by atoms with E-state index in [1.165, 1.54) is 5.56 Å². The molecule has 0 aliphatic carbocycles. The Morgan fingerprint density at radius 3 is 2.84 bits per heavy atom. The van der Waals surface area contributed by atoms with Gasteiger partial charge in [-0.2, -0.15) is 5.10 Å². The number of likely N-dealkylation sites (N-methyl/N-ethyl adjacent to an activating group) is 1. The van der Waals surface area contributed by atoms with Crippen LogP contribution in [0.2, 0.25) is 0 Å². The van der Waals surface area contributed by atoms with Crippen LogP contribution in [0, 0.1) is 19.8 Å². The molecule has 1 aromatic heterocycles. The number of aromatic nitrogens is 2. The maximum Gasteiger partial charge on any atom is 0.222 e. The molecule has 2 atom stereocenters. The van der Waals surface area contributed by atoms with E-state index in [1.54, 1.807) is 0 Å². The number of hydrogen-bond donors (Lipinski definition) is 0. The van der Waals surface area contributed by atoms with Gasteiger partial charge in [0.2, 0.25) is 5.91 Å². The topological polar surface area (TPSA) is 41.4 Å². The van der Waals surface area contributed by atoms with Gasteiger partial charge in [-0.25, -0.2) is 4.68 Å². The molecule has 1 amide bonds. The van der Waals surface area contributed by atoms with Crippen molar-refractivity contribution in [3.8, 4) is 5.69 Å². The number of fused-ring (bicyclic) bond motifs is 1. The Hall–Kier alpha value is -2.14. The van der Waals surface area contributed by atoms with Crippen molar-refractivity contribution >= 4 is 5.91 Å². The first kappa shape index (κ1) is 16.3. The van der Waals surface area contributed by atoms with Crippen molar-refractivity contribution in [2.75, 3.05) is 20.1 Å². The van der Waals surface area contributed by atoms with Gasteiger partial charge in [0.15, 0.2) is 0 Å². The molecule has 2 aliphatic rings. The molecule has 2 aromatic rings. The lowest BCUT2D eigenvalue weighted by atomic mass is 9.92. The molecule has 0 saturated carbocycles. The van der Waals surface area contributed by atoms with Gasteiger partial charge >= 0.3 is 0 Å². The Balaban J connectivity index is 1.49. The number of carbonyl (C=O) groups is 1. The van der Waals surface area contributed by atoms with E-state index in [4.69, 9.17) is 0 Å². The molecule has 0 spiro atoms. The van der Waals surface area contributed by atoms with Crippen LogP contribution in [0.3, 0.4) is 0 Å². The highest BCUT2D eigenvalue weighted by molar-refractivity contribution is 5.79. The summed E-state index contributed by atoms with van der Waals surface area (Å²) in [5.74, 6) is 0.859. The number of aryl methyl sites for hydroxylation is 2. The molecule has 25 heavy (non-hydrogen) atoms. The second-order valence-electron chi connectivity index (χ2n) is 7.57. The van der Waals surface area contributed by atoms with E-state index >= 15 is 0 Å². The van der Waals surface area contributed by atoms with E-state index in [0.717, 1.165) is 49.6 Å². The predicted octanol–water partition coefficient (Wildman–Crippen LogP) is 2.54. The summed E-state index contributed by atoms with van der Waals surface area (Å²) in [6.07, 6.45) is 1.86. The first-order valence-electron chi connectivity index (χ1n) is 9.12. The Labute approximate surface area is 149 Å². The maximum absolute atomic E-state index is 11.9. The molecule has 4 rings (SSSR count). The second-order valence-corrected chi connectivity index (χ2v) is 7.57. The standard InChI is InChI=1S/C20H26N4O/c1-14-9-15(2)24(21-14)18-6-4-5-16(10-18)12-23-8-7-17-11-20(25)22(3)19(17)13-23/h4-6,9-10,17,19H,7-8,11-13H2,1-3H3/t17-,19-/m1/s1. The zero-order valence-electron chi connectivity index (χ0n) is 15.3. The summed E-state index contributed by atoms with van der Waals surface area (Å²) in [5, 5.41) is 4.59. The van der Waals surface area contributed by atoms with Gasteiger partial charge in [-0.05, 0) is 56.5 Å². The van der Waals surface area contributed by atoms with E-state index in [9.17, 15) is 4.79 Å². The minimum absolute atomic E-state index is 0.309. The lowest BCUT2D eigenvalue weighted by molar-refractivity contribution is -0.127. The van der Waals surface area contributed by atoms with Gasteiger partial charge in [0.25, 0.3) is 0 Å². The van der Waals surface area contributed by atoms with Crippen molar-refractivity contribution in [3.05, 3.63) is 47.3 Å². The Kier molecular flexibility index (Phi) is 4.12. The maximum atomic E-state index is 11.9. The van der Waals surface area contributed by atoms with Crippen molar-refractivity contribution < 1.29 is 4.79 Å². The summed E-state index contributed by atoms with van der Waals surface area (Å²) < 4.78 is 2.01. The molecular formula is C20H26N4O. The zero-order valence-corrected chi connectivity index (χ0v) is 15.3. The van der Waals surface area contributed by atoms with Crippen molar-refractivity contribution in [1.82, 2.24) is 19.6 Å². The van der Waals surface area contributed by atoms with Gasteiger partial charge in [0.05, 0.1) is 11.4 Å². The fourth-order valence-corrected chi connectivity index (χ4v) is 4.35. The smallest absolute Gasteiger partial charge is 0.222 e. The number of piperidine rings is 1. The quantitative estimate of drug-likeness (QED) is 0.864. The minimum Gasteiger partial charge on any atom is -0.341 e. The van der Waals surface area contributed by atoms with Crippen molar-refractivity contribution in [1.29, 1.82) is 0 Å². The average molecular weight is 338 g/mol. The molecule has 2 aliphatic heterocycles. The third-order valence-corrected chi connectivity index (χ3v) is 5.70. The number of benzene rings is 1. The van der Waals surface area contributed by atoms with Crippen LogP contribution >= 0.6 is 0 Å². The Morgan fingerprint density at radius 1 is 1.24 bits per heavy atom. The van der Waals surface area contributed by atoms with Crippen LogP contribution in [0.15, 0.2) is 30.3 Å². The summed E-state index contributed by atoms with van der Waals surface area (Å²) in [6, 6.07) is 11.1. The van der Waals surface area contributed by atoms with Gasteiger partial charge < -0.3 is 4.90 Å². The third kappa shape index (κ3) is 3.09. The number of carbonyl (C=O) groups excluding carboxylic acids is 1. The zero-order chi connectivity index (χ0) is 17.6. The SMILES string of the molecule is Cc1cc(C)n(-c2cccc(CN3CC[C@@H]4CC(=O)N(C)[C@@H]4C3)c2)n1. The van der Waals surface area contributed by atoms with Crippen molar-refractivity contribution in [2.45, 2.75) is 39.3 Å². The van der Waals surface area contributed by atoms with Crippen molar-refractivity contribution in [2.24, 2.45) is 5.92 Å². The van der Waals surface area contributed by atoms with Crippen molar-refractivity contribution in [3.63, 3.8) is 0 Å². The number of nitrogens with zero attached hydrogens (tertiary/aromatic N) is 4. The number of rotatable bonds is 3. The van der Waals surface area contributed by atoms with Crippen LogP contribution in [-0.2, 0) is 11.3 Å². The molecule has 132 valence electrons. The number of likely N-dealkylation sites (tertiary alicyclic amines) is 2. The number of amides is 1. The van der Waals surface area contributed by atoms with Crippen LogP contribution in [0.4, 0.5) is 0 Å². The van der Waals surface area contributed by atoms with Crippen LogP contribution < -0.4 is 0 Å². The largest absolute Gasteiger partial charge is 0.341 e. The van der Waals surface area contributed by atoms with Crippen LogP contribution in [0.25, 0.3) is 5.69 Å². The molecule has 5 heteroatoms. The average Bonchev–Trinajstić information content (AvgIpc) is 3.07. The Morgan fingerprint density at radius 2 is 2.08 bits per heavy atom. The van der Waals surface area contributed by atoms with E-state index in [-0.39, 0.29) is 0 Å². The van der Waals surface area contributed by atoms with Crippen LogP contribution in [0.1, 0.15) is 29.8 Å². The molecule has 2 saturated heterocycles. The molecule has 2 fully saturated rings. The normalized spacial score (nSPS) is 24.0. The fourth-order valence-electron chi connectivity index (χ4n) is 4.35. The molecule has 1 aromatic carbocycles. The molecule has 0 N–H and O–H groups in total. The minimum atomic E-state index is 0.309. The van der Waals surface area contributed by atoms with Gasteiger partial charge in [-0.15, -0.1) is 0 Å². The lowest BCUT2D eigenvalue weighted by Gasteiger charge is -2.37. The van der Waals surface area contributed by atoms with E-state index in [2.05, 4.69) is 47.3 Å². The second kappa shape index (κ2) is 6.30. The third-order valence-electron chi connectivity index (χ3n) is 5.70. The van der Waals surface area contributed by atoms with E-state index in [1.807, 2.05) is 23.6 Å². The van der Waals surface area contributed by atoms with E-state index < -0.39 is 0 Å². The Bertz CT molecular complexity index is 797. The molecule has 5 nitrogen and oxygen atoms in total. The molecular weight excluding hydrogens is 312 g/mol. The monoisotopic (exact) mass is 338 g/mol. The summed E-state index contributed by atoms with van der Waals surface area (Å²) in [5.41, 5.74) is 4.61. The van der Waals surface area contributed by atoms with Gasteiger partial charge in [-0.1, -0.05) is 12.1 Å². The fraction of sp³-hybridized carbons (Fsp3) is 0.500. The highest BCUT2D eigenvalue weighted by Gasteiger charge is 2.40. The van der Waals surface area contributed by atoms with Gasteiger partial charge in [-0.3, -0.25) is 9.69 Å². The highest BCUT2D eigenvalue weighted by Crippen LogP contribution is 2.32. The first-order valence-corrected chi connectivity index (χ1v) is 9.12. The lowest BCUT2D eigenvalue weighted by Crippen LogP contribution is -2.47. The number of hydrogen-bond acceptors (Lipinski definition) is 3. The summed E-state index contributed by atoms with van der Waals surface area (Å²) >= 11 is 0. The van der Waals surface area contributed by atoms with E-state index in [0.29, 0.717) is 17.9 Å². The summed E-state index contributed by atoms with van der Waals surface area (Å²) in [7, 11) is 1.96.